The number of hydrogen-bond acceptors (Lipinski definition) is 6. The van der Waals surface area contributed by atoms with Gasteiger partial charge in [-0.1, -0.05) is 48.0 Å². The molecule has 34 heavy (non-hydrogen) atoms. The highest BCUT2D eigenvalue weighted by atomic mass is 16.5. The first-order chi connectivity index (χ1) is 16.4. The zero-order valence-corrected chi connectivity index (χ0v) is 19.2. The number of ether oxygens (including phenoxy) is 1. The first kappa shape index (κ1) is 24.4. The molecule has 0 fully saturated rings. The van der Waals surface area contributed by atoms with Gasteiger partial charge in [-0.2, -0.15) is 0 Å². The Bertz CT molecular complexity index is 1150. The summed E-state index contributed by atoms with van der Waals surface area (Å²) >= 11 is 0. The van der Waals surface area contributed by atoms with E-state index in [-0.39, 0.29) is 48.5 Å². The summed E-state index contributed by atoms with van der Waals surface area (Å²) in [5.41, 5.74) is 2.59. The number of esters is 1. The Hall–Kier alpha value is -4.20. The summed E-state index contributed by atoms with van der Waals surface area (Å²) in [6.45, 7) is 4.49. The zero-order chi connectivity index (χ0) is 24.5. The molecule has 1 aromatic heterocycles. The van der Waals surface area contributed by atoms with Crippen LogP contribution in [-0.2, 0) is 16.1 Å². The van der Waals surface area contributed by atoms with E-state index in [1.807, 2.05) is 49.4 Å². The number of aromatic carboxylic acids is 1. The van der Waals surface area contributed by atoms with Crippen LogP contribution in [0.15, 0.2) is 66.9 Å². The molecule has 0 aliphatic rings. The second-order valence-electron chi connectivity index (χ2n) is 7.68. The number of anilines is 2. The summed E-state index contributed by atoms with van der Waals surface area (Å²) in [7, 11) is 0. The van der Waals surface area contributed by atoms with Gasteiger partial charge in [0.15, 0.2) is 0 Å². The third-order valence-electron chi connectivity index (χ3n) is 5.08. The van der Waals surface area contributed by atoms with E-state index in [4.69, 9.17) is 4.74 Å². The van der Waals surface area contributed by atoms with E-state index in [0.29, 0.717) is 12.1 Å². The van der Waals surface area contributed by atoms with E-state index in [0.717, 1.165) is 11.1 Å². The molecule has 0 saturated heterocycles. The van der Waals surface area contributed by atoms with E-state index < -0.39 is 5.97 Å². The molecule has 0 aliphatic carbocycles. The Labute approximate surface area is 198 Å². The van der Waals surface area contributed by atoms with Gasteiger partial charge in [0.05, 0.1) is 24.9 Å². The number of aryl methyl sites for hydroxylation is 1. The third kappa shape index (κ3) is 6.65. The Balaban J connectivity index is 1.88. The van der Waals surface area contributed by atoms with Gasteiger partial charge in [-0.25, -0.2) is 9.78 Å². The molecule has 8 heteroatoms. The highest BCUT2D eigenvalue weighted by molar-refractivity contribution is 6.05. The fraction of sp³-hybridized carbons (Fsp3) is 0.231. The Morgan fingerprint density at radius 3 is 2.41 bits per heavy atom. The summed E-state index contributed by atoms with van der Waals surface area (Å²) in [4.78, 5) is 42.7. The number of amides is 1. The molecule has 0 spiro atoms. The lowest BCUT2D eigenvalue weighted by Crippen LogP contribution is -2.29. The number of carbonyl (C=O) groups excluding carboxylic acids is 2. The molecule has 0 radical (unpaired) electrons. The number of rotatable bonds is 10. The molecule has 176 valence electrons. The molecule has 0 aliphatic heterocycles. The van der Waals surface area contributed by atoms with Crippen LogP contribution in [0.3, 0.4) is 0 Å². The molecule has 0 saturated carbocycles. The lowest BCUT2D eigenvalue weighted by atomic mass is 10.1. The van der Waals surface area contributed by atoms with Gasteiger partial charge in [0.1, 0.15) is 11.4 Å². The maximum Gasteiger partial charge on any atom is 0.339 e. The summed E-state index contributed by atoms with van der Waals surface area (Å²) in [5, 5.41) is 12.6. The number of carbonyl (C=O) groups is 3. The van der Waals surface area contributed by atoms with Crippen molar-refractivity contribution < 1.29 is 24.2 Å². The number of nitrogens with zero attached hydrogens (tertiary/aromatic N) is 2. The number of nitrogens with one attached hydrogen (secondary N) is 1. The molecule has 1 amide bonds. The van der Waals surface area contributed by atoms with Gasteiger partial charge in [0.25, 0.3) is 5.91 Å². The van der Waals surface area contributed by atoms with Crippen LogP contribution in [0, 0.1) is 6.92 Å². The molecule has 0 atom stereocenters. The largest absolute Gasteiger partial charge is 0.478 e. The second-order valence-corrected chi connectivity index (χ2v) is 7.68. The van der Waals surface area contributed by atoms with Crippen molar-refractivity contribution in [1.29, 1.82) is 0 Å². The van der Waals surface area contributed by atoms with Crippen LogP contribution in [0.1, 0.15) is 45.2 Å². The molecule has 3 rings (SSSR count). The summed E-state index contributed by atoms with van der Waals surface area (Å²) < 4.78 is 5.02. The maximum absolute atomic E-state index is 12.6. The number of benzene rings is 2. The van der Waals surface area contributed by atoms with E-state index >= 15 is 0 Å². The Morgan fingerprint density at radius 2 is 1.76 bits per heavy atom. The molecule has 2 N–H and O–H groups in total. The molecular formula is C26H27N3O5. The van der Waals surface area contributed by atoms with Crippen molar-refractivity contribution in [2.75, 3.05) is 23.4 Å². The van der Waals surface area contributed by atoms with Crippen molar-refractivity contribution >= 4 is 29.4 Å². The fourth-order valence-corrected chi connectivity index (χ4v) is 3.37. The van der Waals surface area contributed by atoms with Gasteiger partial charge in [-0.05, 0) is 37.6 Å². The van der Waals surface area contributed by atoms with E-state index in [9.17, 15) is 19.5 Å². The van der Waals surface area contributed by atoms with Crippen LogP contribution in [0.5, 0.6) is 0 Å². The minimum Gasteiger partial charge on any atom is -0.478 e. The van der Waals surface area contributed by atoms with Crippen LogP contribution in [0.4, 0.5) is 11.5 Å². The quantitative estimate of drug-likeness (QED) is 0.433. The predicted molar refractivity (Wildman–Crippen MR) is 129 cm³/mol. The van der Waals surface area contributed by atoms with Gasteiger partial charge in [0, 0.05) is 18.7 Å². The third-order valence-corrected chi connectivity index (χ3v) is 5.08. The predicted octanol–water partition coefficient (Wildman–Crippen LogP) is 4.30. The monoisotopic (exact) mass is 461 g/mol. The first-order valence-corrected chi connectivity index (χ1v) is 10.9. The van der Waals surface area contributed by atoms with Crippen molar-refractivity contribution in [2.24, 2.45) is 0 Å². The number of aromatic nitrogens is 1. The lowest BCUT2D eigenvalue weighted by Gasteiger charge is -2.25. The molecule has 2 aromatic carbocycles. The van der Waals surface area contributed by atoms with Crippen LogP contribution in [0.25, 0.3) is 0 Å². The molecular weight excluding hydrogens is 434 g/mol. The number of pyridine rings is 1. The summed E-state index contributed by atoms with van der Waals surface area (Å²) in [6.07, 6.45) is 1.49. The average Bonchev–Trinajstić information content (AvgIpc) is 2.83. The topological polar surface area (TPSA) is 109 Å². The SMILES string of the molecule is CCOC(=O)CCN(Cc1ccccc1)c1ncc(NC(=O)c2ccc(C)cc2)cc1C(=O)O. The maximum atomic E-state index is 12.6. The van der Waals surface area contributed by atoms with Crippen molar-refractivity contribution in [3.63, 3.8) is 0 Å². The molecule has 1 heterocycles. The lowest BCUT2D eigenvalue weighted by molar-refractivity contribution is -0.142. The van der Waals surface area contributed by atoms with Crippen LogP contribution in [0.2, 0.25) is 0 Å². The molecule has 3 aromatic rings. The molecule has 8 nitrogen and oxygen atoms in total. The number of carboxylic acids is 1. The molecule has 0 unspecified atom stereocenters. The molecule has 0 bridgehead atoms. The second kappa shape index (κ2) is 11.6. The van der Waals surface area contributed by atoms with E-state index in [1.54, 1.807) is 24.0 Å². The minimum atomic E-state index is -1.19. The average molecular weight is 462 g/mol. The summed E-state index contributed by atoms with van der Waals surface area (Å²) in [5.74, 6) is -1.73. The van der Waals surface area contributed by atoms with Crippen molar-refractivity contribution in [3.05, 3.63) is 89.1 Å². The highest BCUT2D eigenvalue weighted by Crippen LogP contribution is 2.24. The zero-order valence-electron chi connectivity index (χ0n) is 19.2. The van der Waals surface area contributed by atoms with E-state index in [1.165, 1.54) is 12.3 Å². The van der Waals surface area contributed by atoms with Crippen LogP contribution >= 0.6 is 0 Å². The highest BCUT2D eigenvalue weighted by Gasteiger charge is 2.21. The normalized spacial score (nSPS) is 10.4. The van der Waals surface area contributed by atoms with Crippen molar-refractivity contribution in [2.45, 2.75) is 26.8 Å². The van der Waals surface area contributed by atoms with E-state index in [2.05, 4.69) is 10.3 Å². The number of carboxylic acid groups (broad SMARTS) is 1. The Morgan fingerprint density at radius 1 is 1.06 bits per heavy atom. The van der Waals surface area contributed by atoms with Gasteiger partial charge in [-0.15, -0.1) is 0 Å². The van der Waals surface area contributed by atoms with Crippen molar-refractivity contribution in [1.82, 2.24) is 4.98 Å². The van der Waals surface area contributed by atoms with Crippen LogP contribution < -0.4 is 10.2 Å². The smallest absolute Gasteiger partial charge is 0.339 e. The van der Waals surface area contributed by atoms with Gasteiger partial charge in [-0.3, -0.25) is 9.59 Å². The van der Waals surface area contributed by atoms with Crippen LogP contribution in [-0.4, -0.2) is 41.1 Å². The summed E-state index contributed by atoms with van der Waals surface area (Å²) in [6, 6.07) is 17.9. The van der Waals surface area contributed by atoms with Gasteiger partial charge in [0.2, 0.25) is 0 Å². The van der Waals surface area contributed by atoms with Crippen molar-refractivity contribution in [3.8, 4) is 0 Å². The standard InChI is InChI=1S/C26H27N3O5/c1-3-34-23(30)13-14-29(17-19-7-5-4-6-8-19)24-22(26(32)33)15-21(16-27-24)28-25(31)20-11-9-18(2)10-12-20/h4-12,15-16H,3,13-14,17H2,1-2H3,(H,28,31)(H,32,33). The van der Waals surface area contributed by atoms with Gasteiger partial charge < -0.3 is 20.1 Å². The minimum absolute atomic E-state index is 0.0767. The van der Waals surface area contributed by atoms with Gasteiger partial charge >= 0.3 is 11.9 Å². The Kier molecular flexibility index (Phi) is 8.34. The number of hydrogen-bond donors (Lipinski definition) is 2. The first-order valence-electron chi connectivity index (χ1n) is 10.9. The fourth-order valence-electron chi connectivity index (χ4n) is 3.37.